The van der Waals surface area contributed by atoms with Crippen molar-refractivity contribution in [3.05, 3.63) is 12.2 Å². The molecule has 0 amide bonds. The minimum absolute atomic E-state index is 0.453. The van der Waals surface area contributed by atoms with E-state index in [0.29, 0.717) is 0 Å². The Morgan fingerprint density at radius 2 is 2.33 bits per heavy atom. The zero-order valence-electron chi connectivity index (χ0n) is 4.60. The second-order valence-corrected chi connectivity index (χ2v) is 3.02. The third-order valence-corrected chi connectivity index (χ3v) is 2.16. The zero-order valence-corrected chi connectivity index (χ0v) is 6.39. The third kappa shape index (κ3) is 1.50. The van der Waals surface area contributed by atoms with E-state index in [4.69, 9.17) is 0 Å². The van der Waals surface area contributed by atoms with Crippen molar-refractivity contribution in [1.29, 1.82) is 0 Å². The van der Waals surface area contributed by atoms with Crippen molar-refractivity contribution in [1.82, 2.24) is 0 Å². The number of aliphatic imine (C=N–C) groups is 1. The number of hydrogen-bond donors (Lipinski definition) is 3. The molecular weight excluding hydrogens is 154 g/mol. The number of allylic oxidation sites excluding steroid dienone is 1. The molecule has 0 aliphatic carbocycles. The van der Waals surface area contributed by atoms with Gasteiger partial charge < -0.3 is 5.11 Å². The average Bonchev–Trinajstić information content (AvgIpc) is 1.77. The molecule has 0 spiro atoms. The van der Waals surface area contributed by atoms with E-state index in [2.05, 4.69) is 30.2 Å². The molecule has 2 unspecified atom stereocenters. The Labute approximate surface area is 64.5 Å². The predicted octanol–water partition coefficient (Wildman–Crippen LogP) is 0.501. The molecule has 1 N–H and O–H groups in total. The van der Waals surface area contributed by atoms with Gasteiger partial charge in [0, 0.05) is 6.21 Å². The molecule has 0 saturated carbocycles. The fraction of sp³-hybridized carbons (Fsp3) is 0.400. The minimum atomic E-state index is -1.18. The van der Waals surface area contributed by atoms with Crippen molar-refractivity contribution in [2.45, 2.75) is 10.3 Å². The lowest BCUT2D eigenvalue weighted by molar-refractivity contribution is 0.188. The molecule has 9 heavy (non-hydrogen) atoms. The Balaban J connectivity index is 2.78. The van der Waals surface area contributed by atoms with Crippen LogP contribution in [0.25, 0.3) is 0 Å². The number of aliphatic hydroxyl groups is 1. The van der Waals surface area contributed by atoms with Crippen LogP contribution in [-0.4, -0.2) is 21.6 Å². The standard InChI is InChI=1S/C5H7NOS2/c7-5(9)2-1-3-6-4(5)8/h1-4,7-9H. The summed E-state index contributed by atoms with van der Waals surface area (Å²) in [6, 6.07) is 0. The van der Waals surface area contributed by atoms with Gasteiger partial charge in [0.15, 0.2) is 4.93 Å². The number of hydrogen-bond acceptors (Lipinski definition) is 4. The summed E-state index contributed by atoms with van der Waals surface area (Å²) < 4.78 is 0. The summed E-state index contributed by atoms with van der Waals surface area (Å²) in [5, 5.41) is 8.78. The molecule has 0 aromatic carbocycles. The largest absolute Gasteiger partial charge is 0.373 e. The van der Waals surface area contributed by atoms with Gasteiger partial charge in [-0.15, -0.1) is 25.3 Å². The van der Waals surface area contributed by atoms with Gasteiger partial charge in [-0.05, 0) is 12.2 Å². The van der Waals surface area contributed by atoms with Crippen LogP contribution in [0.1, 0.15) is 0 Å². The molecule has 50 valence electrons. The van der Waals surface area contributed by atoms with Gasteiger partial charge in [-0.1, -0.05) is 0 Å². The van der Waals surface area contributed by atoms with E-state index >= 15 is 0 Å². The van der Waals surface area contributed by atoms with E-state index in [1.807, 2.05) is 0 Å². The summed E-state index contributed by atoms with van der Waals surface area (Å²) in [7, 11) is 0. The maximum absolute atomic E-state index is 9.23. The van der Waals surface area contributed by atoms with E-state index in [-0.39, 0.29) is 0 Å². The Bertz CT molecular complexity index is 164. The van der Waals surface area contributed by atoms with Gasteiger partial charge in [-0.25, -0.2) is 0 Å². The van der Waals surface area contributed by atoms with Crippen LogP contribution in [0.2, 0.25) is 0 Å². The number of nitrogens with zero attached hydrogens (tertiary/aromatic N) is 1. The van der Waals surface area contributed by atoms with Crippen LogP contribution < -0.4 is 0 Å². The predicted molar refractivity (Wildman–Crippen MR) is 44.3 cm³/mol. The van der Waals surface area contributed by atoms with E-state index in [9.17, 15) is 5.11 Å². The first-order chi connectivity index (χ1) is 4.13. The van der Waals surface area contributed by atoms with Gasteiger partial charge >= 0.3 is 0 Å². The zero-order chi connectivity index (χ0) is 6.91. The molecule has 0 aromatic heterocycles. The van der Waals surface area contributed by atoms with Gasteiger partial charge in [-0.3, -0.25) is 4.99 Å². The topological polar surface area (TPSA) is 32.6 Å². The highest BCUT2D eigenvalue weighted by molar-refractivity contribution is 7.85. The van der Waals surface area contributed by atoms with Crippen LogP contribution in [0.15, 0.2) is 17.1 Å². The maximum atomic E-state index is 9.23. The SMILES string of the molecule is OC1(S)C=CC=NC1S. The molecule has 1 aliphatic heterocycles. The number of rotatable bonds is 0. The van der Waals surface area contributed by atoms with Gasteiger partial charge in [0.05, 0.1) is 0 Å². The lowest BCUT2D eigenvalue weighted by atomic mass is 10.3. The Hall–Kier alpha value is 0.0700. The number of thiol groups is 2. The molecule has 0 aromatic rings. The molecule has 2 nitrogen and oxygen atoms in total. The fourth-order valence-corrected chi connectivity index (χ4v) is 0.827. The molecular formula is C5H7NOS2. The van der Waals surface area contributed by atoms with Crippen molar-refractivity contribution in [2.75, 3.05) is 0 Å². The number of dihydropyridines is 1. The van der Waals surface area contributed by atoms with Crippen molar-refractivity contribution >= 4 is 31.5 Å². The highest BCUT2D eigenvalue weighted by Gasteiger charge is 2.27. The second kappa shape index (κ2) is 2.36. The summed E-state index contributed by atoms with van der Waals surface area (Å²) in [6.45, 7) is 0. The van der Waals surface area contributed by atoms with E-state index in [1.54, 1.807) is 18.4 Å². The fourth-order valence-electron chi connectivity index (χ4n) is 0.512. The highest BCUT2D eigenvalue weighted by atomic mass is 32.1. The second-order valence-electron chi connectivity index (χ2n) is 1.81. The minimum Gasteiger partial charge on any atom is -0.373 e. The van der Waals surface area contributed by atoms with E-state index in [0.717, 1.165) is 0 Å². The van der Waals surface area contributed by atoms with Crippen molar-refractivity contribution < 1.29 is 5.11 Å². The third-order valence-electron chi connectivity index (χ3n) is 1.03. The van der Waals surface area contributed by atoms with Crippen molar-refractivity contribution in [3.63, 3.8) is 0 Å². The van der Waals surface area contributed by atoms with Gasteiger partial charge in [0.1, 0.15) is 5.37 Å². The van der Waals surface area contributed by atoms with Gasteiger partial charge in [-0.2, -0.15) is 0 Å². The van der Waals surface area contributed by atoms with Crippen LogP contribution in [0.4, 0.5) is 0 Å². The molecule has 1 rings (SSSR count). The molecule has 0 saturated heterocycles. The van der Waals surface area contributed by atoms with Gasteiger partial charge in [0.2, 0.25) is 0 Å². The molecule has 0 fully saturated rings. The Kier molecular flexibility index (Phi) is 1.88. The Morgan fingerprint density at radius 1 is 1.67 bits per heavy atom. The van der Waals surface area contributed by atoms with E-state index < -0.39 is 10.3 Å². The molecule has 4 heteroatoms. The monoisotopic (exact) mass is 161 g/mol. The smallest absolute Gasteiger partial charge is 0.158 e. The molecule has 0 radical (unpaired) electrons. The highest BCUT2D eigenvalue weighted by Crippen LogP contribution is 2.24. The molecule has 1 aliphatic rings. The quantitative estimate of drug-likeness (QED) is 0.351. The first-order valence-corrected chi connectivity index (χ1v) is 3.43. The summed E-state index contributed by atoms with van der Waals surface area (Å²) in [5.74, 6) is 0. The first-order valence-electron chi connectivity index (χ1n) is 2.47. The molecule has 1 heterocycles. The van der Waals surface area contributed by atoms with Crippen LogP contribution in [0.5, 0.6) is 0 Å². The normalized spacial score (nSPS) is 41.4. The summed E-state index contributed by atoms with van der Waals surface area (Å²) in [4.78, 5) is 2.63. The maximum Gasteiger partial charge on any atom is 0.158 e. The average molecular weight is 161 g/mol. The summed E-state index contributed by atoms with van der Waals surface area (Å²) in [6.07, 6.45) is 4.77. The van der Waals surface area contributed by atoms with Crippen LogP contribution >= 0.6 is 25.3 Å². The first kappa shape index (κ1) is 7.18. The summed E-state index contributed by atoms with van der Waals surface area (Å²) >= 11 is 7.86. The Morgan fingerprint density at radius 3 is 2.67 bits per heavy atom. The van der Waals surface area contributed by atoms with Gasteiger partial charge in [0.25, 0.3) is 0 Å². The van der Waals surface area contributed by atoms with Crippen molar-refractivity contribution in [3.8, 4) is 0 Å². The molecule has 0 bridgehead atoms. The van der Waals surface area contributed by atoms with Crippen LogP contribution in [0, 0.1) is 0 Å². The van der Waals surface area contributed by atoms with Crippen LogP contribution in [0.3, 0.4) is 0 Å². The molecule has 2 atom stereocenters. The van der Waals surface area contributed by atoms with Crippen molar-refractivity contribution in [2.24, 2.45) is 4.99 Å². The lowest BCUT2D eigenvalue weighted by Crippen LogP contribution is -2.30. The lowest BCUT2D eigenvalue weighted by Gasteiger charge is -2.23. The van der Waals surface area contributed by atoms with E-state index in [1.165, 1.54) is 0 Å². The summed E-state index contributed by atoms with van der Waals surface area (Å²) in [5.41, 5.74) is 0. The van der Waals surface area contributed by atoms with Crippen LogP contribution in [-0.2, 0) is 0 Å².